The van der Waals surface area contributed by atoms with E-state index in [-0.39, 0.29) is 11.9 Å². The third-order valence-electron chi connectivity index (χ3n) is 6.15. The molecular formula is C33H50O4. The Labute approximate surface area is 226 Å². The smallest absolute Gasteiger partial charge is 0.338 e. The lowest BCUT2D eigenvalue weighted by atomic mass is 9.84. The average Bonchev–Trinajstić information content (AvgIpc) is 2.84. The van der Waals surface area contributed by atoms with Gasteiger partial charge in [-0.2, -0.15) is 0 Å². The summed E-state index contributed by atoms with van der Waals surface area (Å²) < 4.78 is 10.6. The SMILES string of the molecule is CC(C)CCCC(C)CCOC(=O)c1ccccc1.CC(CCOC(=O)c1ccccc1)CC(C)(C)C. The number of hydrogen-bond acceptors (Lipinski definition) is 4. The lowest BCUT2D eigenvalue weighted by molar-refractivity contribution is 0.0471. The fourth-order valence-electron chi connectivity index (χ4n) is 4.19. The normalized spacial score (nSPS) is 12.8. The van der Waals surface area contributed by atoms with E-state index in [2.05, 4.69) is 48.5 Å². The maximum absolute atomic E-state index is 11.7. The molecule has 0 heterocycles. The molecule has 2 aromatic rings. The summed E-state index contributed by atoms with van der Waals surface area (Å²) in [5.41, 5.74) is 1.60. The molecule has 0 amide bonds. The van der Waals surface area contributed by atoms with Crippen LogP contribution in [0.1, 0.15) is 108 Å². The Kier molecular flexibility index (Phi) is 15.6. The van der Waals surface area contributed by atoms with E-state index in [0.717, 1.165) is 25.2 Å². The molecule has 2 atom stereocenters. The van der Waals surface area contributed by atoms with Crippen molar-refractivity contribution in [2.75, 3.05) is 13.2 Å². The lowest BCUT2D eigenvalue weighted by Gasteiger charge is -2.22. The highest BCUT2D eigenvalue weighted by Crippen LogP contribution is 2.25. The predicted molar refractivity (Wildman–Crippen MR) is 154 cm³/mol. The number of carbonyl (C=O) groups excluding carboxylic acids is 2. The molecule has 0 fully saturated rings. The highest BCUT2D eigenvalue weighted by Gasteiger charge is 2.16. The Morgan fingerprint density at radius 1 is 0.649 bits per heavy atom. The van der Waals surface area contributed by atoms with E-state index in [1.54, 1.807) is 24.3 Å². The van der Waals surface area contributed by atoms with Crippen molar-refractivity contribution >= 4 is 11.9 Å². The minimum absolute atomic E-state index is 0.213. The van der Waals surface area contributed by atoms with Gasteiger partial charge in [0.15, 0.2) is 0 Å². The molecule has 0 spiro atoms. The van der Waals surface area contributed by atoms with Crippen LogP contribution in [0.5, 0.6) is 0 Å². The molecule has 0 aliphatic carbocycles. The maximum Gasteiger partial charge on any atom is 0.338 e. The standard InChI is InChI=1S/C17H26O2.C16H24O2/c1-14(2)8-7-9-15(3)12-13-19-17(18)16-10-5-4-6-11-16;1-13(12-16(2,3)4)10-11-18-15(17)14-8-6-5-7-9-14/h4-6,10-11,14-15H,7-9,12-13H2,1-3H3;5-9,13H,10-12H2,1-4H3. The molecule has 2 aromatic carbocycles. The molecule has 0 N–H and O–H groups in total. The fraction of sp³-hybridized carbons (Fsp3) is 0.576. The van der Waals surface area contributed by atoms with Gasteiger partial charge in [-0.3, -0.25) is 0 Å². The first-order valence-electron chi connectivity index (χ1n) is 13.9. The molecule has 0 aliphatic rings. The molecule has 4 nitrogen and oxygen atoms in total. The van der Waals surface area contributed by atoms with Gasteiger partial charge >= 0.3 is 11.9 Å². The molecule has 0 radical (unpaired) electrons. The highest BCUT2D eigenvalue weighted by atomic mass is 16.5. The quantitative estimate of drug-likeness (QED) is 0.252. The minimum atomic E-state index is -0.224. The third-order valence-corrected chi connectivity index (χ3v) is 6.15. The molecule has 2 rings (SSSR count). The predicted octanol–water partition coefficient (Wildman–Crippen LogP) is 9.00. The van der Waals surface area contributed by atoms with E-state index >= 15 is 0 Å². The van der Waals surface area contributed by atoms with Crippen LogP contribution in [0.4, 0.5) is 0 Å². The van der Waals surface area contributed by atoms with Crippen molar-refractivity contribution in [2.45, 2.75) is 87.0 Å². The molecule has 37 heavy (non-hydrogen) atoms. The van der Waals surface area contributed by atoms with Crippen LogP contribution in [-0.2, 0) is 9.47 Å². The lowest BCUT2D eigenvalue weighted by Crippen LogP contribution is -2.14. The zero-order valence-electron chi connectivity index (χ0n) is 24.3. The van der Waals surface area contributed by atoms with Gasteiger partial charge in [0.25, 0.3) is 0 Å². The van der Waals surface area contributed by atoms with Crippen molar-refractivity contribution in [1.29, 1.82) is 0 Å². The Balaban J connectivity index is 0.000000371. The molecule has 0 aliphatic heterocycles. The van der Waals surface area contributed by atoms with Gasteiger partial charge in [0.1, 0.15) is 0 Å². The second-order valence-electron chi connectivity index (χ2n) is 11.9. The van der Waals surface area contributed by atoms with Crippen LogP contribution in [-0.4, -0.2) is 25.2 Å². The second kappa shape index (κ2) is 17.8. The van der Waals surface area contributed by atoms with Gasteiger partial charge in [0.2, 0.25) is 0 Å². The van der Waals surface area contributed by atoms with E-state index in [4.69, 9.17) is 9.47 Å². The van der Waals surface area contributed by atoms with Crippen LogP contribution in [0.15, 0.2) is 60.7 Å². The molecule has 4 heteroatoms. The van der Waals surface area contributed by atoms with Crippen LogP contribution >= 0.6 is 0 Å². The van der Waals surface area contributed by atoms with Gasteiger partial charge in [0, 0.05) is 0 Å². The minimum Gasteiger partial charge on any atom is -0.462 e. The van der Waals surface area contributed by atoms with Crippen LogP contribution in [0.3, 0.4) is 0 Å². The van der Waals surface area contributed by atoms with Gasteiger partial charge in [-0.05, 0) is 66.7 Å². The zero-order valence-corrected chi connectivity index (χ0v) is 24.3. The summed E-state index contributed by atoms with van der Waals surface area (Å²) in [6, 6.07) is 18.3. The molecular weight excluding hydrogens is 460 g/mol. The number of benzene rings is 2. The van der Waals surface area contributed by atoms with Gasteiger partial charge in [0.05, 0.1) is 24.3 Å². The van der Waals surface area contributed by atoms with Crippen molar-refractivity contribution in [3.8, 4) is 0 Å². The van der Waals surface area contributed by atoms with Crippen molar-refractivity contribution in [3.05, 3.63) is 71.8 Å². The van der Waals surface area contributed by atoms with E-state index in [1.807, 2.05) is 36.4 Å². The summed E-state index contributed by atoms with van der Waals surface area (Å²) in [4.78, 5) is 23.4. The summed E-state index contributed by atoms with van der Waals surface area (Å²) in [6.07, 6.45) is 6.81. The van der Waals surface area contributed by atoms with Gasteiger partial charge in [-0.1, -0.05) is 104 Å². The van der Waals surface area contributed by atoms with Crippen molar-refractivity contribution < 1.29 is 19.1 Å². The van der Waals surface area contributed by atoms with Gasteiger partial charge in [-0.25, -0.2) is 9.59 Å². The topological polar surface area (TPSA) is 52.6 Å². The first-order chi connectivity index (χ1) is 17.5. The number of hydrogen-bond donors (Lipinski definition) is 0. The number of ether oxygens (including phenoxy) is 2. The molecule has 0 bridgehead atoms. The summed E-state index contributed by atoms with van der Waals surface area (Å²) >= 11 is 0. The summed E-state index contributed by atoms with van der Waals surface area (Å²) in [7, 11) is 0. The van der Waals surface area contributed by atoms with Crippen molar-refractivity contribution in [1.82, 2.24) is 0 Å². The average molecular weight is 511 g/mol. The fourth-order valence-corrected chi connectivity index (χ4v) is 4.19. The highest BCUT2D eigenvalue weighted by molar-refractivity contribution is 5.89. The third kappa shape index (κ3) is 16.7. The summed E-state index contributed by atoms with van der Waals surface area (Å²) in [6.45, 7) is 16.7. The van der Waals surface area contributed by atoms with E-state index < -0.39 is 0 Å². The van der Waals surface area contributed by atoms with E-state index in [0.29, 0.717) is 41.6 Å². The molecule has 2 unspecified atom stereocenters. The Morgan fingerprint density at radius 3 is 1.49 bits per heavy atom. The molecule has 206 valence electrons. The van der Waals surface area contributed by atoms with Crippen LogP contribution in [0.25, 0.3) is 0 Å². The van der Waals surface area contributed by atoms with Gasteiger partial charge < -0.3 is 9.47 Å². The van der Waals surface area contributed by atoms with Gasteiger partial charge in [-0.15, -0.1) is 0 Å². The molecule has 0 saturated heterocycles. The van der Waals surface area contributed by atoms with Crippen LogP contribution in [0, 0.1) is 23.2 Å². The van der Waals surface area contributed by atoms with Crippen molar-refractivity contribution in [2.24, 2.45) is 23.2 Å². The van der Waals surface area contributed by atoms with E-state index in [1.165, 1.54) is 19.3 Å². The number of carbonyl (C=O) groups is 2. The Morgan fingerprint density at radius 2 is 1.08 bits per heavy atom. The second-order valence-corrected chi connectivity index (χ2v) is 11.9. The van der Waals surface area contributed by atoms with Crippen LogP contribution < -0.4 is 0 Å². The van der Waals surface area contributed by atoms with Crippen LogP contribution in [0.2, 0.25) is 0 Å². The molecule has 0 saturated carbocycles. The Bertz CT molecular complexity index is 868. The van der Waals surface area contributed by atoms with E-state index in [9.17, 15) is 9.59 Å². The summed E-state index contributed by atoms with van der Waals surface area (Å²) in [5.74, 6) is 1.55. The maximum atomic E-state index is 11.7. The first-order valence-corrected chi connectivity index (χ1v) is 13.9. The number of rotatable bonds is 13. The van der Waals surface area contributed by atoms with Crippen molar-refractivity contribution in [3.63, 3.8) is 0 Å². The zero-order chi connectivity index (χ0) is 27.7. The Hall–Kier alpha value is -2.62. The monoisotopic (exact) mass is 510 g/mol. The largest absolute Gasteiger partial charge is 0.462 e. The first kappa shape index (κ1) is 32.4. The summed E-state index contributed by atoms with van der Waals surface area (Å²) in [5, 5.41) is 0. The number of esters is 2. The molecule has 0 aromatic heterocycles.